The van der Waals surface area contributed by atoms with Gasteiger partial charge in [0.05, 0.1) is 45.7 Å². The van der Waals surface area contributed by atoms with Crippen LogP contribution in [0.4, 0.5) is 0 Å². The molecule has 3 heterocycles. The van der Waals surface area contributed by atoms with E-state index in [4.69, 9.17) is 28.4 Å². The zero-order chi connectivity index (χ0) is 25.9. The Morgan fingerprint density at radius 1 is 0.973 bits per heavy atom. The lowest BCUT2D eigenvalue weighted by Gasteiger charge is -2.31. The molecule has 3 aliphatic heterocycles. The van der Waals surface area contributed by atoms with Crippen LogP contribution in [-0.4, -0.2) is 83.0 Å². The maximum absolute atomic E-state index is 13.4. The van der Waals surface area contributed by atoms with Gasteiger partial charge in [-0.3, -0.25) is 14.6 Å². The summed E-state index contributed by atoms with van der Waals surface area (Å²) >= 11 is 0. The van der Waals surface area contributed by atoms with Gasteiger partial charge < -0.3 is 28.4 Å². The number of carbonyl (C=O) groups is 1. The summed E-state index contributed by atoms with van der Waals surface area (Å²) in [7, 11) is 4.67. The fourth-order valence-corrected chi connectivity index (χ4v) is 5.10. The van der Waals surface area contributed by atoms with E-state index in [1.165, 1.54) is 0 Å². The highest BCUT2D eigenvalue weighted by atomic mass is 16.5. The molecule has 1 saturated heterocycles. The second-order valence-corrected chi connectivity index (χ2v) is 9.41. The Bertz CT molecular complexity index is 1180. The number of ketones is 1. The number of aryl methyl sites for hydroxylation is 1. The first-order chi connectivity index (χ1) is 18.0. The molecule has 1 fully saturated rings. The van der Waals surface area contributed by atoms with Crippen molar-refractivity contribution in [2.24, 2.45) is 0 Å². The summed E-state index contributed by atoms with van der Waals surface area (Å²) in [6, 6.07) is 5.52. The first-order valence-electron chi connectivity index (χ1n) is 12.6. The predicted molar refractivity (Wildman–Crippen MR) is 138 cm³/mol. The lowest BCUT2D eigenvalue weighted by molar-refractivity contribution is 0.0329. The molecule has 2 aromatic rings. The van der Waals surface area contributed by atoms with Crippen molar-refractivity contribution in [3.8, 4) is 28.7 Å². The highest BCUT2D eigenvalue weighted by Crippen LogP contribution is 2.45. The van der Waals surface area contributed by atoms with Gasteiger partial charge in [0.2, 0.25) is 11.5 Å². The fraction of sp³-hybridized carbons (Fsp3) is 0.464. The molecule has 0 spiro atoms. The van der Waals surface area contributed by atoms with Gasteiger partial charge in [-0.05, 0) is 55.3 Å². The second kappa shape index (κ2) is 11.0. The van der Waals surface area contributed by atoms with Gasteiger partial charge in [-0.15, -0.1) is 0 Å². The molecule has 0 atom stereocenters. The molecular weight excluding hydrogens is 476 g/mol. The van der Waals surface area contributed by atoms with Gasteiger partial charge in [-0.1, -0.05) is 0 Å². The molecule has 3 aliphatic rings. The Labute approximate surface area is 217 Å². The SMILES string of the molecule is COc1cc(/C=C2\Oc3c4c(cc(C)c3C2=O)OCN(CCCN2CCOCC2)C4)cc(OC)c1OC. The zero-order valence-corrected chi connectivity index (χ0v) is 21.9. The summed E-state index contributed by atoms with van der Waals surface area (Å²) in [4.78, 5) is 18.1. The van der Waals surface area contributed by atoms with E-state index in [0.717, 1.165) is 62.7 Å². The number of rotatable bonds is 8. The molecule has 198 valence electrons. The van der Waals surface area contributed by atoms with Crippen LogP contribution in [-0.2, 0) is 11.3 Å². The molecule has 0 saturated carbocycles. The van der Waals surface area contributed by atoms with Crippen molar-refractivity contribution in [3.05, 3.63) is 46.2 Å². The van der Waals surface area contributed by atoms with E-state index in [0.29, 0.717) is 47.4 Å². The molecule has 5 rings (SSSR count). The summed E-state index contributed by atoms with van der Waals surface area (Å²) in [6.45, 7) is 8.65. The average molecular weight is 511 g/mol. The van der Waals surface area contributed by atoms with Crippen molar-refractivity contribution < 1.29 is 33.2 Å². The molecule has 9 heteroatoms. The number of allylic oxidation sites excluding steroid dienone is 1. The number of ether oxygens (including phenoxy) is 6. The molecule has 0 radical (unpaired) electrons. The van der Waals surface area contributed by atoms with Crippen molar-refractivity contribution in [2.75, 3.05) is 67.5 Å². The van der Waals surface area contributed by atoms with Gasteiger partial charge in [0.1, 0.15) is 18.2 Å². The van der Waals surface area contributed by atoms with Crippen LogP contribution in [0.1, 0.15) is 33.5 Å². The minimum Gasteiger partial charge on any atom is -0.493 e. The van der Waals surface area contributed by atoms with E-state index < -0.39 is 0 Å². The summed E-state index contributed by atoms with van der Waals surface area (Å²) in [5, 5.41) is 0. The van der Waals surface area contributed by atoms with E-state index in [1.807, 2.05) is 13.0 Å². The number of morpholine rings is 1. The maximum Gasteiger partial charge on any atom is 0.232 e. The number of nitrogens with zero attached hydrogens (tertiary/aromatic N) is 2. The normalized spacial score (nSPS) is 18.7. The summed E-state index contributed by atoms with van der Waals surface area (Å²) in [5.74, 6) is 2.99. The minimum absolute atomic E-state index is 0.145. The number of hydrogen-bond donors (Lipinski definition) is 0. The number of benzene rings is 2. The largest absolute Gasteiger partial charge is 0.493 e. The Kier molecular flexibility index (Phi) is 7.55. The Morgan fingerprint density at radius 2 is 1.68 bits per heavy atom. The van der Waals surface area contributed by atoms with Crippen molar-refractivity contribution in [1.82, 2.24) is 9.80 Å². The van der Waals surface area contributed by atoms with Crippen LogP contribution in [0, 0.1) is 6.92 Å². The number of hydrogen-bond acceptors (Lipinski definition) is 9. The first-order valence-corrected chi connectivity index (χ1v) is 12.6. The molecule has 0 amide bonds. The van der Waals surface area contributed by atoms with E-state index >= 15 is 0 Å². The molecule has 9 nitrogen and oxygen atoms in total. The highest BCUT2D eigenvalue weighted by molar-refractivity contribution is 6.16. The summed E-state index contributed by atoms with van der Waals surface area (Å²) < 4.78 is 34.1. The Hall–Kier alpha value is -3.27. The van der Waals surface area contributed by atoms with E-state index in [9.17, 15) is 4.79 Å². The highest BCUT2D eigenvalue weighted by Gasteiger charge is 2.35. The molecule has 0 aliphatic carbocycles. The standard InChI is InChI=1S/C28H34N2O7/c1-18-12-21-20(16-30(17-36-21)7-5-6-29-8-10-35-11-9-29)27-25(18)26(31)22(37-27)13-19-14-23(32-2)28(34-4)24(15-19)33-3/h12-15H,5-11,16-17H2,1-4H3/b22-13-. The molecule has 2 aromatic carbocycles. The lowest BCUT2D eigenvalue weighted by Crippen LogP contribution is -2.39. The third-order valence-electron chi connectivity index (χ3n) is 7.02. The van der Waals surface area contributed by atoms with Crippen molar-refractivity contribution >= 4 is 11.9 Å². The van der Waals surface area contributed by atoms with Gasteiger partial charge in [0, 0.05) is 26.2 Å². The van der Waals surface area contributed by atoms with E-state index in [1.54, 1.807) is 39.5 Å². The molecule has 0 bridgehead atoms. The molecular formula is C28H34N2O7. The Balaban J connectivity index is 1.36. The van der Waals surface area contributed by atoms with Gasteiger partial charge in [0.25, 0.3) is 0 Å². The number of carbonyl (C=O) groups excluding carboxylic acids is 1. The first kappa shape index (κ1) is 25.4. The van der Waals surface area contributed by atoms with Crippen LogP contribution in [0.5, 0.6) is 28.7 Å². The third kappa shape index (κ3) is 5.12. The van der Waals surface area contributed by atoms with Crippen LogP contribution >= 0.6 is 0 Å². The minimum atomic E-state index is -0.145. The predicted octanol–water partition coefficient (Wildman–Crippen LogP) is 3.51. The molecule has 37 heavy (non-hydrogen) atoms. The fourth-order valence-electron chi connectivity index (χ4n) is 5.10. The lowest BCUT2D eigenvalue weighted by atomic mass is 9.98. The topological polar surface area (TPSA) is 78.9 Å². The van der Waals surface area contributed by atoms with E-state index in [2.05, 4.69) is 9.80 Å². The molecule has 0 unspecified atom stereocenters. The van der Waals surface area contributed by atoms with Crippen LogP contribution in [0.15, 0.2) is 24.0 Å². The van der Waals surface area contributed by atoms with Crippen molar-refractivity contribution in [3.63, 3.8) is 0 Å². The third-order valence-corrected chi connectivity index (χ3v) is 7.02. The monoisotopic (exact) mass is 510 g/mol. The van der Waals surface area contributed by atoms with Gasteiger partial charge in [-0.2, -0.15) is 0 Å². The van der Waals surface area contributed by atoms with Gasteiger partial charge in [-0.25, -0.2) is 0 Å². The smallest absolute Gasteiger partial charge is 0.232 e. The average Bonchev–Trinajstić information content (AvgIpc) is 3.25. The quantitative estimate of drug-likeness (QED) is 0.496. The van der Waals surface area contributed by atoms with Crippen LogP contribution in [0.2, 0.25) is 0 Å². The van der Waals surface area contributed by atoms with Crippen molar-refractivity contribution in [1.29, 1.82) is 0 Å². The molecule has 0 N–H and O–H groups in total. The summed E-state index contributed by atoms with van der Waals surface area (Å²) in [5.41, 5.74) is 3.06. The second-order valence-electron chi connectivity index (χ2n) is 9.41. The Morgan fingerprint density at radius 3 is 2.35 bits per heavy atom. The van der Waals surface area contributed by atoms with Crippen LogP contribution in [0.25, 0.3) is 6.08 Å². The van der Waals surface area contributed by atoms with Crippen molar-refractivity contribution in [2.45, 2.75) is 19.9 Å². The zero-order valence-electron chi connectivity index (χ0n) is 21.9. The summed E-state index contributed by atoms with van der Waals surface area (Å²) in [6.07, 6.45) is 2.75. The van der Waals surface area contributed by atoms with Gasteiger partial charge >= 0.3 is 0 Å². The number of Topliss-reactive ketones (excluding diaryl/α,β-unsaturated/α-hetero) is 1. The van der Waals surface area contributed by atoms with E-state index in [-0.39, 0.29) is 11.5 Å². The van der Waals surface area contributed by atoms with Crippen LogP contribution < -0.4 is 23.7 Å². The number of methoxy groups -OCH3 is 3. The maximum atomic E-state index is 13.4. The number of fused-ring (bicyclic) bond motifs is 3. The van der Waals surface area contributed by atoms with Crippen LogP contribution in [0.3, 0.4) is 0 Å². The molecule has 0 aromatic heterocycles. The van der Waals surface area contributed by atoms with Gasteiger partial charge in [0.15, 0.2) is 17.3 Å².